The molecule has 4 heteroatoms. The zero-order chi connectivity index (χ0) is 13.1. The first-order valence-corrected chi connectivity index (χ1v) is 5.91. The van der Waals surface area contributed by atoms with Crippen molar-refractivity contribution < 1.29 is 4.74 Å². The smallest absolute Gasteiger partial charge is 0.127 e. The summed E-state index contributed by atoms with van der Waals surface area (Å²) >= 11 is 0. The van der Waals surface area contributed by atoms with Crippen LogP contribution in [0.1, 0.15) is 19.4 Å². The van der Waals surface area contributed by atoms with Crippen LogP contribution in [0.4, 0.5) is 5.82 Å². The maximum Gasteiger partial charge on any atom is 0.127 e. The average Bonchev–Trinajstić information content (AvgIpc) is 2.31. The highest BCUT2D eigenvalue weighted by molar-refractivity contribution is 5.63. The minimum Gasteiger partial charge on any atom is -0.491 e. The van der Waals surface area contributed by atoms with Crippen molar-refractivity contribution in [2.24, 2.45) is 0 Å². The van der Waals surface area contributed by atoms with Gasteiger partial charge in [-0.05, 0) is 44.5 Å². The van der Waals surface area contributed by atoms with E-state index in [2.05, 4.69) is 9.97 Å². The van der Waals surface area contributed by atoms with Crippen molar-refractivity contribution in [3.8, 4) is 17.0 Å². The predicted octanol–water partition coefficient (Wildman–Crippen LogP) is 2.82. The summed E-state index contributed by atoms with van der Waals surface area (Å²) in [5, 5.41) is 0. The molecule has 0 radical (unpaired) electrons. The predicted molar refractivity (Wildman–Crippen MR) is 72.4 cm³/mol. The van der Waals surface area contributed by atoms with Gasteiger partial charge in [-0.1, -0.05) is 0 Å². The van der Waals surface area contributed by atoms with Crippen LogP contribution in [0.2, 0.25) is 0 Å². The number of hydrogen-bond acceptors (Lipinski definition) is 4. The normalized spacial score (nSPS) is 10.7. The van der Waals surface area contributed by atoms with Crippen LogP contribution in [0.5, 0.6) is 5.75 Å². The summed E-state index contributed by atoms with van der Waals surface area (Å²) in [6.45, 7) is 6.04. The molecule has 1 aromatic carbocycles. The first-order valence-electron chi connectivity index (χ1n) is 5.91. The third-order valence-corrected chi connectivity index (χ3v) is 2.52. The Balaban J connectivity index is 2.34. The van der Waals surface area contributed by atoms with Gasteiger partial charge in [0.2, 0.25) is 0 Å². The molecule has 0 atom stereocenters. The Morgan fingerprint density at radius 3 is 2.56 bits per heavy atom. The highest BCUT2D eigenvalue weighted by Crippen LogP contribution is 2.26. The molecule has 0 saturated carbocycles. The zero-order valence-electron chi connectivity index (χ0n) is 10.8. The largest absolute Gasteiger partial charge is 0.491 e. The Morgan fingerprint density at radius 1 is 1.17 bits per heavy atom. The van der Waals surface area contributed by atoms with Gasteiger partial charge in [-0.3, -0.25) is 0 Å². The van der Waals surface area contributed by atoms with Gasteiger partial charge in [0.05, 0.1) is 11.8 Å². The van der Waals surface area contributed by atoms with Gasteiger partial charge in [0.25, 0.3) is 0 Å². The highest BCUT2D eigenvalue weighted by atomic mass is 16.5. The minimum atomic E-state index is 0.171. The van der Waals surface area contributed by atoms with Crippen LogP contribution in [0.25, 0.3) is 11.3 Å². The Morgan fingerprint density at radius 2 is 1.94 bits per heavy atom. The molecule has 0 unspecified atom stereocenters. The van der Waals surface area contributed by atoms with E-state index in [1.807, 2.05) is 39.0 Å². The zero-order valence-corrected chi connectivity index (χ0v) is 10.8. The molecular weight excluding hydrogens is 226 g/mol. The Bertz CT molecular complexity index is 552. The molecule has 0 aliphatic carbocycles. The Kier molecular flexibility index (Phi) is 3.46. The van der Waals surface area contributed by atoms with E-state index < -0.39 is 0 Å². The molecular formula is C14H17N3O. The van der Waals surface area contributed by atoms with Gasteiger partial charge in [-0.15, -0.1) is 0 Å². The third kappa shape index (κ3) is 2.77. The number of anilines is 1. The summed E-state index contributed by atoms with van der Waals surface area (Å²) in [7, 11) is 0. The van der Waals surface area contributed by atoms with Crippen molar-refractivity contribution in [2.45, 2.75) is 26.9 Å². The van der Waals surface area contributed by atoms with E-state index in [1.54, 1.807) is 6.07 Å². The monoisotopic (exact) mass is 243 g/mol. The number of hydrogen-bond donors (Lipinski definition) is 1. The molecule has 2 N–H and O–H groups in total. The molecule has 1 heterocycles. The topological polar surface area (TPSA) is 61.0 Å². The van der Waals surface area contributed by atoms with Crippen molar-refractivity contribution in [1.82, 2.24) is 9.97 Å². The van der Waals surface area contributed by atoms with Crippen molar-refractivity contribution >= 4 is 5.82 Å². The number of ether oxygens (including phenoxy) is 1. The molecule has 0 fully saturated rings. The Labute approximate surface area is 107 Å². The summed E-state index contributed by atoms with van der Waals surface area (Å²) in [5.74, 6) is 1.37. The number of aromatic nitrogens is 2. The van der Waals surface area contributed by atoms with Crippen molar-refractivity contribution in [3.05, 3.63) is 36.2 Å². The molecule has 1 aromatic heterocycles. The van der Waals surface area contributed by atoms with E-state index in [-0.39, 0.29) is 6.10 Å². The van der Waals surface area contributed by atoms with E-state index in [4.69, 9.17) is 10.5 Å². The Hall–Kier alpha value is -2.10. The summed E-state index contributed by atoms with van der Waals surface area (Å²) in [6, 6.07) is 7.74. The number of benzene rings is 1. The first kappa shape index (κ1) is 12.4. The molecule has 2 rings (SSSR count). The fourth-order valence-corrected chi connectivity index (χ4v) is 1.73. The lowest BCUT2D eigenvalue weighted by Crippen LogP contribution is -2.06. The second kappa shape index (κ2) is 5.04. The minimum absolute atomic E-state index is 0.171. The van der Waals surface area contributed by atoms with E-state index in [0.29, 0.717) is 5.82 Å². The van der Waals surface area contributed by atoms with E-state index in [1.165, 1.54) is 6.33 Å². The molecule has 0 bridgehead atoms. The molecule has 18 heavy (non-hydrogen) atoms. The lowest BCUT2D eigenvalue weighted by Gasteiger charge is -2.13. The fourth-order valence-electron chi connectivity index (χ4n) is 1.73. The first-order chi connectivity index (χ1) is 8.56. The van der Waals surface area contributed by atoms with Crippen LogP contribution in [-0.4, -0.2) is 16.1 Å². The number of aryl methyl sites for hydroxylation is 1. The lowest BCUT2D eigenvalue weighted by molar-refractivity contribution is 0.241. The highest BCUT2D eigenvalue weighted by Gasteiger charge is 2.06. The van der Waals surface area contributed by atoms with Gasteiger partial charge < -0.3 is 10.5 Å². The number of nitrogens with zero attached hydrogens (tertiary/aromatic N) is 2. The average molecular weight is 243 g/mol. The quantitative estimate of drug-likeness (QED) is 0.900. The van der Waals surface area contributed by atoms with Crippen molar-refractivity contribution in [3.63, 3.8) is 0 Å². The summed E-state index contributed by atoms with van der Waals surface area (Å²) in [6.07, 6.45) is 1.64. The standard InChI is InChI=1S/C14H17N3O/c1-9(2)18-13-5-4-11(6-10(13)3)12-7-14(15)17-8-16-12/h4-9H,1-3H3,(H2,15,16,17). The van der Waals surface area contributed by atoms with Crippen LogP contribution in [0.15, 0.2) is 30.6 Å². The second-order valence-corrected chi connectivity index (χ2v) is 4.47. The lowest BCUT2D eigenvalue weighted by atomic mass is 10.1. The van der Waals surface area contributed by atoms with Crippen molar-refractivity contribution in [2.75, 3.05) is 5.73 Å². The SMILES string of the molecule is Cc1cc(-c2cc(N)ncn2)ccc1OC(C)C. The van der Waals surface area contributed by atoms with Gasteiger partial charge in [-0.25, -0.2) is 9.97 Å². The maximum absolute atomic E-state index is 5.70. The third-order valence-electron chi connectivity index (χ3n) is 2.52. The van der Waals surface area contributed by atoms with Crippen LogP contribution in [0, 0.1) is 6.92 Å². The molecule has 0 aliphatic heterocycles. The fraction of sp³-hybridized carbons (Fsp3) is 0.286. The molecule has 0 saturated heterocycles. The number of rotatable bonds is 3. The van der Waals surface area contributed by atoms with Crippen LogP contribution >= 0.6 is 0 Å². The number of nitrogens with two attached hydrogens (primary N) is 1. The second-order valence-electron chi connectivity index (χ2n) is 4.47. The molecule has 0 amide bonds. The van der Waals surface area contributed by atoms with Gasteiger partial charge >= 0.3 is 0 Å². The van der Waals surface area contributed by atoms with Gasteiger partial charge in [0.15, 0.2) is 0 Å². The summed E-state index contributed by atoms with van der Waals surface area (Å²) in [4.78, 5) is 8.10. The molecule has 2 aromatic rings. The van der Waals surface area contributed by atoms with E-state index in [9.17, 15) is 0 Å². The maximum atomic E-state index is 5.70. The van der Waals surface area contributed by atoms with Crippen LogP contribution in [0.3, 0.4) is 0 Å². The van der Waals surface area contributed by atoms with Crippen LogP contribution < -0.4 is 10.5 Å². The van der Waals surface area contributed by atoms with Crippen LogP contribution in [-0.2, 0) is 0 Å². The van der Waals surface area contributed by atoms with E-state index >= 15 is 0 Å². The molecule has 0 spiro atoms. The summed E-state index contributed by atoms with van der Waals surface area (Å²) in [5.41, 5.74) is 8.57. The van der Waals surface area contributed by atoms with Gasteiger partial charge in [0.1, 0.15) is 17.9 Å². The molecule has 0 aliphatic rings. The number of nitrogen functional groups attached to an aromatic ring is 1. The molecule has 94 valence electrons. The van der Waals surface area contributed by atoms with Gasteiger partial charge in [-0.2, -0.15) is 0 Å². The van der Waals surface area contributed by atoms with E-state index in [0.717, 1.165) is 22.6 Å². The van der Waals surface area contributed by atoms with Gasteiger partial charge in [0, 0.05) is 11.6 Å². The van der Waals surface area contributed by atoms with Crippen molar-refractivity contribution in [1.29, 1.82) is 0 Å². The molecule has 4 nitrogen and oxygen atoms in total. The summed E-state index contributed by atoms with van der Waals surface area (Å²) < 4.78 is 5.70.